The predicted octanol–water partition coefficient (Wildman–Crippen LogP) is 2.91. The van der Waals surface area contributed by atoms with Crippen molar-refractivity contribution in [2.75, 3.05) is 39.3 Å². The van der Waals surface area contributed by atoms with E-state index in [0.29, 0.717) is 18.4 Å². The zero-order chi connectivity index (χ0) is 17.7. The summed E-state index contributed by atoms with van der Waals surface area (Å²) >= 11 is 0. The lowest BCUT2D eigenvalue weighted by Crippen LogP contribution is -2.39. The fraction of sp³-hybridized carbons (Fsp3) is 0.895. The molecule has 2 fully saturated rings. The van der Waals surface area contributed by atoms with Crippen molar-refractivity contribution in [2.24, 2.45) is 4.99 Å². The first kappa shape index (κ1) is 23.5. The first-order valence-electron chi connectivity index (χ1n) is 10.2. The Hall–Kier alpha value is -0.570. The molecule has 0 aromatic carbocycles. The number of nitrogens with one attached hydrogen (secondary N) is 2. The van der Waals surface area contributed by atoms with Crippen LogP contribution >= 0.6 is 24.0 Å². The number of hydrogen-bond donors (Lipinski definition) is 2. The Labute approximate surface area is 175 Å². The average Bonchev–Trinajstić information content (AvgIpc) is 2.85. The van der Waals surface area contributed by atoms with Crippen molar-refractivity contribution in [3.8, 4) is 0 Å². The molecule has 26 heavy (non-hydrogen) atoms. The summed E-state index contributed by atoms with van der Waals surface area (Å²) in [5.74, 6) is 1.14. The minimum Gasteiger partial charge on any atom is -0.376 e. The van der Waals surface area contributed by atoms with Crippen LogP contribution in [0.2, 0.25) is 0 Å². The Kier molecular flexibility index (Phi) is 13.1. The number of amides is 1. The number of ether oxygens (including phenoxy) is 1. The van der Waals surface area contributed by atoms with Gasteiger partial charge in [-0.15, -0.1) is 24.0 Å². The van der Waals surface area contributed by atoms with Crippen molar-refractivity contribution in [1.82, 2.24) is 15.5 Å². The lowest BCUT2D eigenvalue weighted by Gasteiger charge is -2.17. The Morgan fingerprint density at radius 2 is 1.96 bits per heavy atom. The summed E-state index contributed by atoms with van der Waals surface area (Å²) in [5.41, 5.74) is 0. The number of guanidine groups is 1. The van der Waals surface area contributed by atoms with Gasteiger partial charge >= 0.3 is 0 Å². The van der Waals surface area contributed by atoms with Gasteiger partial charge in [-0.25, -0.2) is 0 Å². The second-order valence-corrected chi connectivity index (χ2v) is 7.01. The highest BCUT2D eigenvalue weighted by atomic mass is 127. The Morgan fingerprint density at radius 3 is 2.62 bits per heavy atom. The van der Waals surface area contributed by atoms with E-state index in [4.69, 9.17) is 4.74 Å². The SMILES string of the molecule is CCNC(=NCCCN1CCCC1=O)NCCOC1CCCCCC1.I. The molecule has 1 saturated heterocycles. The topological polar surface area (TPSA) is 66.0 Å². The normalized spacial score (nSPS) is 19.2. The summed E-state index contributed by atoms with van der Waals surface area (Å²) in [6.07, 6.45) is 10.8. The van der Waals surface area contributed by atoms with E-state index in [9.17, 15) is 4.79 Å². The second kappa shape index (κ2) is 14.5. The van der Waals surface area contributed by atoms with Gasteiger partial charge in [0.1, 0.15) is 0 Å². The summed E-state index contributed by atoms with van der Waals surface area (Å²) in [4.78, 5) is 18.1. The van der Waals surface area contributed by atoms with Crippen LogP contribution in [0.5, 0.6) is 0 Å². The van der Waals surface area contributed by atoms with E-state index in [2.05, 4.69) is 22.5 Å². The number of rotatable bonds is 9. The van der Waals surface area contributed by atoms with E-state index in [1.54, 1.807) is 0 Å². The van der Waals surface area contributed by atoms with Crippen LogP contribution in [0.15, 0.2) is 4.99 Å². The molecule has 0 atom stereocenters. The Bertz CT molecular complexity index is 412. The van der Waals surface area contributed by atoms with Gasteiger partial charge < -0.3 is 20.3 Å². The molecular formula is C19H37IN4O2. The number of hydrogen-bond acceptors (Lipinski definition) is 3. The van der Waals surface area contributed by atoms with Gasteiger partial charge in [-0.05, 0) is 32.6 Å². The monoisotopic (exact) mass is 480 g/mol. The summed E-state index contributed by atoms with van der Waals surface area (Å²) in [7, 11) is 0. The molecular weight excluding hydrogens is 443 g/mol. The third kappa shape index (κ3) is 9.39. The van der Waals surface area contributed by atoms with Crippen LogP contribution in [0, 0.1) is 0 Å². The Balaban J connectivity index is 0.00000338. The van der Waals surface area contributed by atoms with Gasteiger partial charge in [0, 0.05) is 39.1 Å². The zero-order valence-electron chi connectivity index (χ0n) is 16.3. The van der Waals surface area contributed by atoms with Crippen molar-refractivity contribution >= 4 is 35.8 Å². The van der Waals surface area contributed by atoms with Gasteiger partial charge in [0.2, 0.25) is 5.91 Å². The van der Waals surface area contributed by atoms with Gasteiger partial charge in [-0.3, -0.25) is 9.79 Å². The summed E-state index contributed by atoms with van der Waals surface area (Å²) in [6.45, 7) is 6.92. The first-order chi connectivity index (χ1) is 12.3. The molecule has 1 saturated carbocycles. The molecule has 0 aromatic heterocycles. The van der Waals surface area contributed by atoms with E-state index in [-0.39, 0.29) is 24.0 Å². The van der Waals surface area contributed by atoms with Crippen molar-refractivity contribution in [3.63, 3.8) is 0 Å². The molecule has 2 N–H and O–H groups in total. The largest absolute Gasteiger partial charge is 0.376 e. The molecule has 2 aliphatic rings. The van der Waals surface area contributed by atoms with E-state index >= 15 is 0 Å². The Morgan fingerprint density at radius 1 is 1.19 bits per heavy atom. The molecule has 0 aromatic rings. The van der Waals surface area contributed by atoms with Crippen LogP contribution in [-0.2, 0) is 9.53 Å². The average molecular weight is 480 g/mol. The van der Waals surface area contributed by atoms with Gasteiger partial charge in [0.15, 0.2) is 5.96 Å². The maximum Gasteiger partial charge on any atom is 0.222 e. The fourth-order valence-electron chi connectivity index (χ4n) is 3.54. The lowest BCUT2D eigenvalue weighted by molar-refractivity contribution is -0.127. The van der Waals surface area contributed by atoms with Crippen LogP contribution in [0.25, 0.3) is 0 Å². The smallest absolute Gasteiger partial charge is 0.222 e. The van der Waals surface area contributed by atoms with Crippen molar-refractivity contribution in [2.45, 2.75) is 70.8 Å². The number of carbonyl (C=O) groups excluding carboxylic acids is 1. The number of carbonyl (C=O) groups is 1. The van der Waals surface area contributed by atoms with Gasteiger partial charge in [-0.2, -0.15) is 0 Å². The van der Waals surface area contributed by atoms with Crippen LogP contribution in [0.4, 0.5) is 0 Å². The molecule has 0 radical (unpaired) electrons. The molecule has 152 valence electrons. The lowest BCUT2D eigenvalue weighted by atomic mass is 10.1. The first-order valence-corrected chi connectivity index (χ1v) is 10.2. The second-order valence-electron chi connectivity index (χ2n) is 7.01. The van der Waals surface area contributed by atoms with Crippen LogP contribution in [0.3, 0.4) is 0 Å². The predicted molar refractivity (Wildman–Crippen MR) is 117 cm³/mol. The maximum atomic E-state index is 11.6. The minimum absolute atomic E-state index is 0. The van der Waals surface area contributed by atoms with E-state index in [1.807, 2.05) is 4.90 Å². The molecule has 0 unspecified atom stereocenters. The van der Waals surface area contributed by atoms with Crippen molar-refractivity contribution < 1.29 is 9.53 Å². The highest BCUT2D eigenvalue weighted by Crippen LogP contribution is 2.19. The highest BCUT2D eigenvalue weighted by Gasteiger charge is 2.18. The number of aliphatic imine (C=N–C) groups is 1. The fourth-order valence-corrected chi connectivity index (χ4v) is 3.54. The van der Waals surface area contributed by atoms with Crippen LogP contribution in [0.1, 0.15) is 64.7 Å². The van der Waals surface area contributed by atoms with Gasteiger partial charge in [0.25, 0.3) is 0 Å². The quantitative estimate of drug-likeness (QED) is 0.175. The van der Waals surface area contributed by atoms with E-state index in [0.717, 1.165) is 58.1 Å². The van der Waals surface area contributed by atoms with Crippen molar-refractivity contribution in [1.29, 1.82) is 0 Å². The van der Waals surface area contributed by atoms with Crippen LogP contribution in [-0.4, -0.2) is 62.2 Å². The van der Waals surface area contributed by atoms with Gasteiger partial charge in [0.05, 0.1) is 12.7 Å². The summed E-state index contributed by atoms with van der Waals surface area (Å²) < 4.78 is 6.01. The summed E-state index contributed by atoms with van der Waals surface area (Å²) in [5, 5.41) is 6.62. The zero-order valence-corrected chi connectivity index (χ0v) is 18.6. The van der Waals surface area contributed by atoms with Crippen LogP contribution < -0.4 is 10.6 Å². The molecule has 1 aliphatic carbocycles. The number of nitrogens with zero attached hydrogens (tertiary/aromatic N) is 2. The molecule has 1 aliphatic heterocycles. The third-order valence-electron chi connectivity index (χ3n) is 4.92. The molecule has 6 nitrogen and oxygen atoms in total. The van der Waals surface area contributed by atoms with Gasteiger partial charge in [-0.1, -0.05) is 25.7 Å². The molecule has 2 rings (SSSR count). The van der Waals surface area contributed by atoms with E-state index in [1.165, 1.54) is 38.5 Å². The van der Waals surface area contributed by atoms with E-state index < -0.39 is 0 Å². The summed E-state index contributed by atoms with van der Waals surface area (Å²) in [6, 6.07) is 0. The maximum absolute atomic E-state index is 11.6. The highest BCUT2D eigenvalue weighted by molar-refractivity contribution is 14.0. The number of halogens is 1. The number of likely N-dealkylation sites (tertiary alicyclic amines) is 1. The van der Waals surface area contributed by atoms with Crippen molar-refractivity contribution in [3.05, 3.63) is 0 Å². The standard InChI is InChI=1S/C19H36N4O2.HI/c1-2-20-19(21-12-8-15-23-14-7-11-18(23)24)22-13-16-25-17-9-5-3-4-6-10-17;/h17H,2-16H2,1H3,(H2,20,21,22);1H. The molecule has 7 heteroatoms. The molecule has 1 heterocycles. The molecule has 1 amide bonds. The molecule has 0 spiro atoms. The third-order valence-corrected chi connectivity index (χ3v) is 4.92. The molecule has 0 bridgehead atoms. The minimum atomic E-state index is 0.